The highest BCUT2D eigenvalue weighted by molar-refractivity contribution is 9.10. The average Bonchev–Trinajstić information content (AvgIpc) is 2.84. The fraction of sp³-hybridized carbons (Fsp3) is 0.280. The van der Waals surface area contributed by atoms with Crippen molar-refractivity contribution in [3.63, 3.8) is 0 Å². The van der Waals surface area contributed by atoms with E-state index >= 15 is 0 Å². The molecule has 2 atom stereocenters. The van der Waals surface area contributed by atoms with Crippen LogP contribution in [0.2, 0.25) is 0 Å². The van der Waals surface area contributed by atoms with E-state index < -0.39 is 24.3 Å². The number of aromatic hydroxyl groups is 1. The summed E-state index contributed by atoms with van der Waals surface area (Å²) in [5.74, 6) is -0.357. The van der Waals surface area contributed by atoms with Gasteiger partial charge >= 0.3 is 12.1 Å². The maximum Gasteiger partial charge on any atom is 0.412 e. The summed E-state index contributed by atoms with van der Waals surface area (Å²) in [5.41, 5.74) is 1.23. The van der Waals surface area contributed by atoms with Crippen molar-refractivity contribution < 1.29 is 28.9 Å². The Kier molecular flexibility index (Phi) is 9.62. The SMILES string of the molecule is CCO[C@@H](CCOC(=O)CS)[C@@H](OC(=O)Nc1ccc(Br)cc1)c1ccc(O)c2ccccc12. The second-order valence-electron chi connectivity index (χ2n) is 7.34. The lowest BCUT2D eigenvalue weighted by Gasteiger charge is -2.28. The maximum absolute atomic E-state index is 12.9. The predicted molar refractivity (Wildman–Crippen MR) is 137 cm³/mol. The van der Waals surface area contributed by atoms with E-state index in [1.165, 1.54) is 0 Å². The zero-order chi connectivity index (χ0) is 24.5. The molecule has 2 N–H and O–H groups in total. The smallest absolute Gasteiger partial charge is 0.412 e. The van der Waals surface area contributed by atoms with Gasteiger partial charge in [0.15, 0.2) is 6.10 Å². The molecule has 3 aromatic rings. The highest BCUT2D eigenvalue weighted by Crippen LogP contribution is 2.36. The average molecular weight is 548 g/mol. The fourth-order valence-electron chi connectivity index (χ4n) is 3.56. The van der Waals surface area contributed by atoms with Gasteiger partial charge in [-0.1, -0.05) is 46.3 Å². The Hall–Kier alpha value is -2.75. The number of ether oxygens (including phenoxy) is 3. The van der Waals surface area contributed by atoms with E-state index in [0.717, 1.165) is 9.86 Å². The molecule has 0 aliphatic heterocycles. The Labute approximate surface area is 211 Å². The van der Waals surface area contributed by atoms with Crippen molar-refractivity contribution in [1.29, 1.82) is 0 Å². The number of rotatable bonds is 10. The molecule has 9 heteroatoms. The van der Waals surface area contributed by atoms with Crippen LogP contribution < -0.4 is 5.32 Å². The number of amides is 1. The van der Waals surface area contributed by atoms with Gasteiger partial charge in [-0.05, 0) is 42.6 Å². The lowest BCUT2D eigenvalue weighted by Crippen LogP contribution is -2.30. The molecule has 0 fully saturated rings. The van der Waals surface area contributed by atoms with Gasteiger partial charge in [-0.25, -0.2) is 4.79 Å². The number of benzene rings is 3. The number of fused-ring (bicyclic) bond motifs is 1. The third kappa shape index (κ3) is 6.88. The predicted octanol–water partition coefficient (Wildman–Crippen LogP) is 5.87. The lowest BCUT2D eigenvalue weighted by atomic mass is 9.95. The van der Waals surface area contributed by atoms with Crippen LogP contribution in [0.5, 0.6) is 5.75 Å². The first-order chi connectivity index (χ1) is 16.4. The van der Waals surface area contributed by atoms with E-state index in [4.69, 9.17) is 14.2 Å². The summed E-state index contributed by atoms with van der Waals surface area (Å²) in [6.45, 7) is 2.27. The number of halogens is 1. The van der Waals surface area contributed by atoms with Gasteiger partial charge in [0.1, 0.15) is 11.9 Å². The van der Waals surface area contributed by atoms with E-state index in [2.05, 4.69) is 33.9 Å². The van der Waals surface area contributed by atoms with Gasteiger partial charge in [-0.3, -0.25) is 10.1 Å². The van der Waals surface area contributed by atoms with Crippen molar-refractivity contribution in [3.05, 3.63) is 70.7 Å². The second kappa shape index (κ2) is 12.6. The molecule has 0 spiro atoms. The Morgan fingerprint density at radius 3 is 2.44 bits per heavy atom. The van der Waals surface area contributed by atoms with Gasteiger partial charge in [-0.2, -0.15) is 12.6 Å². The normalized spacial score (nSPS) is 12.7. The minimum atomic E-state index is -0.837. The third-order valence-corrected chi connectivity index (χ3v) is 5.87. The van der Waals surface area contributed by atoms with Crippen molar-refractivity contribution in [2.45, 2.75) is 25.6 Å². The molecule has 0 saturated heterocycles. The molecule has 7 nitrogen and oxygen atoms in total. The molecule has 0 aliphatic rings. The molecule has 1 amide bonds. The van der Waals surface area contributed by atoms with Gasteiger partial charge in [0.2, 0.25) is 0 Å². The number of carbonyl (C=O) groups is 2. The van der Waals surface area contributed by atoms with E-state index in [1.807, 2.05) is 25.1 Å². The minimum absolute atomic E-state index is 0.0303. The first-order valence-corrected chi connectivity index (χ1v) is 12.2. The van der Waals surface area contributed by atoms with Crippen molar-refractivity contribution in [2.75, 3.05) is 24.3 Å². The van der Waals surface area contributed by atoms with Gasteiger partial charge in [0, 0.05) is 34.1 Å². The summed E-state index contributed by atoms with van der Waals surface area (Å²) < 4.78 is 17.9. The van der Waals surface area contributed by atoms with Gasteiger partial charge in [0.05, 0.1) is 12.4 Å². The zero-order valence-corrected chi connectivity index (χ0v) is 21.1. The summed E-state index contributed by atoms with van der Waals surface area (Å²) in [6, 6.07) is 17.7. The molecule has 34 heavy (non-hydrogen) atoms. The molecule has 3 aromatic carbocycles. The largest absolute Gasteiger partial charge is 0.507 e. The Balaban J connectivity index is 1.93. The van der Waals surface area contributed by atoms with Crippen LogP contribution in [0.15, 0.2) is 65.1 Å². The van der Waals surface area contributed by atoms with Crippen LogP contribution in [-0.4, -0.2) is 42.2 Å². The zero-order valence-electron chi connectivity index (χ0n) is 18.6. The van der Waals surface area contributed by atoms with E-state index in [-0.39, 0.29) is 18.1 Å². The summed E-state index contributed by atoms with van der Waals surface area (Å²) >= 11 is 7.28. The monoisotopic (exact) mass is 547 g/mol. The first-order valence-electron chi connectivity index (χ1n) is 10.7. The standard InChI is InChI=1S/C25H26BrNO6S/c1-2-31-22(13-14-32-23(29)15-34)24(33-25(30)27-17-9-7-16(26)8-10-17)20-11-12-21(28)19-6-4-3-5-18(19)20/h3-12,22,24,28,34H,2,13-15H2,1H3,(H,27,30)/t22-,24-/m0/s1. The number of hydrogen-bond acceptors (Lipinski definition) is 7. The second-order valence-corrected chi connectivity index (χ2v) is 8.57. The number of phenols is 1. The maximum atomic E-state index is 12.9. The van der Waals surface area contributed by atoms with E-state index in [0.29, 0.717) is 29.7 Å². The Morgan fingerprint density at radius 1 is 1.06 bits per heavy atom. The molecule has 0 bridgehead atoms. The summed E-state index contributed by atoms with van der Waals surface area (Å²) in [5, 5.41) is 14.4. The third-order valence-electron chi connectivity index (χ3n) is 5.08. The molecule has 0 aromatic heterocycles. The molecule has 0 radical (unpaired) electrons. The molecule has 0 saturated carbocycles. The number of anilines is 1. The molecule has 3 rings (SSSR count). The molecular weight excluding hydrogens is 522 g/mol. The highest BCUT2D eigenvalue weighted by Gasteiger charge is 2.30. The van der Waals surface area contributed by atoms with E-state index in [9.17, 15) is 14.7 Å². The number of thiol groups is 1. The van der Waals surface area contributed by atoms with Crippen LogP contribution in [0.3, 0.4) is 0 Å². The van der Waals surface area contributed by atoms with Crippen molar-refractivity contribution in [3.8, 4) is 5.75 Å². The van der Waals surface area contributed by atoms with E-state index in [1.54, 1.807) is 42.5 Å². The van der Waals surface area contributed by atoms with Crippen LogP contribution in [0.1, 0.15) is 25.0 Å². The summed E-state index contributed by atoms with van der Waals surface area (Å²) in [4.78, 5) is 24.4. The number of carbonyl (C=O) groups excluding carboxylic acids is 2. The van der Waals surface area contributed by atoms with Gasteiger partial charge < -0.3 is 19.3 Å². The molecule has 180 valence electrons. The molecule has 0 aliphatic carbocycles. The van der Waals surface area contributed by atoms with Crippen molar-refractivity contribution >= 4 is 57.1 Å². The van der Waals surface area contributed by atoms with Gasteiger partial charge in [-0.15, -0.1) is 0 Å². The van der Waals surface area contributed by atoms with Crippen LogP contribution in [-0.2, 0) is 19.0 Å². The molecule has 0 heterocycles. The minimum Gasteiger partial charge on any atom is -0.507 e. The van der Waals surface area contributed by atoms with Crippen molar-refractivity contribution in [2.24, 2.45) is 0 Å². The van der Waals surface area contributed by atoms with Crippen LogP contribution in [0.4, 0.5) is 10.5 Å². The van der Waals surface area contributed by atoms with Crippen molar-refractivity contribution in [1.82, 2.24) is 0 Å². The lowest BCUT2D eigenvalue weighted by molar-refractivity contribution is -0.142. The molecular formula is C25H26BrNO6S. The fourth-order valence-corrected chi connectivity index (χ4v) is 3.92. The van der Waals surface area contributed by atoms with Crippen LogP contribution >= 0.6 is 28.6 Å². The Morgan fingerprint density at radius 2 is 1.76 bits per heavy atom. The number of phenolic OH excluding ortho intramolecular Hbond substituents is 1. The Bertz CT molecular complexity index is 1120. The van der Waals surface area contributed by atoms with Crippen LogP contribution in [0, 0.1) is 0 Å². The quantitative estimate of drug-likeness (QED) is 0.217. The van der Waals surface area contributed by atoms with Gasteiger partial charge in [0.25, 0.3) is 0 Å². The summed E-state index contributed by atoms with van der Waals surface area (Å²) in [6.07, 6.45) is -1.82. The highest BCUT2D eigenvalue weighted by atomic mass is 79.9. The number of esters is 1. The summed E-state index contributed by atoms with van der Waals surface area (Å²) in [7, 11) is 0. The number of hydrogen-bond donors (Lipinski definition) is 3. The topological polar surface area (TPSA) is 94.1 Å². The molecule has 0 unspecified atom stereocenters. The van der Waals surface area contributed by atoms with Crippen LogP contribution in [0.25, 0.3) is 10.8 Å². The first kappa shape index (κ1) is 25.9. The number of nitrogens with one attached hydrogen (secondary N) is 1.